The summed E-state index contributed by atoms with van der Waals surface area (Å²) in [5, 5.41) is 15.1. The van der Waals surface area contributed by atoms with Crippen molar-refractivity contribution in [1.82, 2.24) is 4.98 Å². The Morgan fingerprint density at radius 2 is 1.56 bits per heavy atom. The van der Waals surface area contributed by atoms with E-state index in [9.17, 15) is 10.1 Å². The summed E-state index contributed by atoms with van der Waals surface area (Å²) in [5.41, 5.74) is 2.40. The van der Waals surface area contributed by atoms with E-state index in [0.717, 1.165) is 0 Å². The highest BCUT2D eigenvalue weighted by Gasteiger charge is 2.21. The lowest BCUT2D eigenvalue weighted by Crippen LogP contribution is -2.68. The average molecular weight is 483 g/mol. The van der Waals surface area contributed by atoms with E-state index < -0.39 is 15.2 Å². The Hall–Kier alpha value is -2.86. The molecule has 0 aliphatic heterocycles. The van der Waals surface area contributed by atoms with Crippen LogP contribution in [0.15, 0.2) is 61.1 Å². The molecule has 0 unspecified atom stereocenters. The van der Waals surface area contributed by atoms with Crippen LogP contribution in [0.2, 0.25) is 5.02 Å². The van der Waals surface area contributed by atoms with Crippen molar-refractivity contribution in [2.24, 2.45) is 0 Å². The van der Waals surface area contributed by atoms with Gasteiger partial charge in [0, 0.05) is 22.8 Å². The van der Waals surface area contributed by atoms with E-state index in [0.29, 0.717) is 16.4 Å². The smallest absolute Gasteiger partial charge is 0.318 e. The Kier molecular flexibility index (Phi) is 8.07. The number of pyridine rings is 2. The molecule has 0 atom stereocenters. The molecule has 0 fully saturated rings. The summed E-state index contributed by atoms with van der Waals surface area (Å²) in [6.07, 6.45) is 5.36. The third-order valence-corrected chi connectivity index (χ3v) is 4.40. The molecule has 0 saturated carbocycles. The fourth-order valence-corrected chi connectivity index (χ4v) is 2.71. The summed E-state index contributed by atoms with van der Waals surface area (Å²) >= 11 is 5.87. The minimum absolute atomic E-state index is 0.0374. The SMILES string of the molecule is CC(C)(C)c1cc[n+](-c2cnc(Nc3ccc(Cl)cc3)c([N+](=O)[O-])c2)cc1.[O-][Cl+3]([O-])([O-])[O-]. The quantitative estimate of drug-likeness (QED) is 0.312. The minimum atomic E-state index is -4.94. The van der Waals surface area contributed by atoms with Crippen LogP contribution in [0.25, 0.3) is 5.69 Å². The number of aromatic nitrogens is 2. The van der Waals surface area contributed by atoms with E-state index in [2.05, 4.69) is 31.1 Å². The first kappa shape index (κ1) is 25.4. The van der Waals surface area contributed by atoms with Crippen LogP contribution in [0, 0.1) is 20.4 Å². The lowest BCUT2D eigenvalue weighted by Gasteiger charge is -2.17. The van der Waals surface area contributed by atoms with Gasteiger partial charge in [-0.3, -0.25) is 10.1 Å². The standard InChI is InChI=1S/C20H20ClN4O2.ClHO4/c1-20(2,3)14-8-10-24(11-9-14)17-12-18(25(26)27)19(22-13-17)23-16-6-4-15(21)5-7-16;2-1(3,4)5/h4-13H,1-3H3,(H,22,23);(H,2,3,4,5)/q+1;/p-1. The highest BCUT2D eigenvalue weighted by Crippen LogP contribution is 2.27. The van der Waals surface area contributed by atoms with Crippen LogP contribution in [-0.4, -0.2) is 9.91 Å². The normalized spacial score (nSPS) is 11.4. The summed E-state index contributed by atoms with van der Waals surface area (Å²) in [4.78, 5) is 15.3. The Morgan fingerprint density at radius 3 is 2.03 bits per heavy atom. The second-order valence-corrected chi connectivity index (χ2v) is 8.76. The lowest BCUT2D eigenvalue weighted by molar-refractivity contribution is -2.00. The Balaban J connectivity index is 0.000000654. The number of rotatable bonds is 4. The summed E-state index contributed by atoms with van der Waals surface area (Å²) < 4.78 is 35.8. The van der Waals surface area contributed by atoms with Gasteiger partial charge in [-0.15, -0.1) is 10.2 Å². The molecular weight excluding hydrogens is 463 g/mol. The molecule has 2 heterocycles. The van der Waals surface area contributed by atoms with Crippen LogP contribution < -0.4 is 28.5 Å². The molecule has 0 aliphatic rings. The van der Waals surface area contributed by atoms with Crippen LogP contribution in [-0.2, 0) is 5.41 Å². The molecule has 0 amide bonds. The fraction of sp³-hybridized carbons (Fsp3) is 0.200. The molecule has 0 radical (unpaired) electrons. The highest BCUT2D eigenvalue weighted by atomic mass is 35.7. The molecule has 0 spiro atoms. The van der Waals surface area contributed by atoms with Gasteiger partial charge >= 0.3 is 5.69 Å². The van der Waals surface area contributed by atoms with Crippen molar-refractivity contribution in [3.63, 3.8) is 0 Å². The summed E-state index contributed by atoms with van der Waals surface area (Å²) in [6.45, 7) is 6.41. The maximum absolute atomic E-state index is 11.5. The topological polar surface area (TPSA) is 164 Å². The molecule has 10 nitrogen and oxygen atoms in total. The third-order valence-electron chi connectivity index (χ3n) is 4.15. The third kappa shape index (κ3) is 8.00. The minimum Gasteiger partial charge on any atom is -0.334 e. The van der Waals surface area contributed by atoms with Gasteiger partial charge in [-0.1, -0.05) is 32.4 Å². The molecule has 1 aromatic carbocycles. The number of anilines is 2. The predicted molar refractivity (Wildman–Crippen MR) is 106 cm³/mol. The van der Waals surface area contributed by atoms with Crippen molar-refractivity contribution in [3.05, 3.63) is 81.8 Å². The van der Waals surface area contributed by atoms with Crippen LogP contribution in [0.3, 0.4) is 0 Å². The van der Waals surface area contributed by atoms with E-state index in [4.69, 9.17) is 30.2 Å². The monoisotopic (exact) mass is 482 g/mol. The van der Waals surface area contributed by atoms with Crippen LogP contribution >= 0.6 is 11.6 Å². The predicted octanol–water partition coefficient (Wildman–Crippen LogP) is 0.205. The summed E-state index contributed by atoms with van der Waals surface area (Å²) in [7, 11) is -4.94. The van der Waals surface area contributed by atoms with Gasteiger partial charge in [-0.2, -0.15) is 4.57 Å². The first-order chi connectivity index (χ1) is 14.7. The number of nitro groups is 1. The van der Waals surface area contributed by atoms with Gasteiger partial charge in [-0.05, 0) is 35.2 Å². The van der Waals surface area contributed by atoms with Gasteiger partial charge < -0.3 is 5.32 Å². The molecular formula is C20H20Cl2N4O6. The van der Waals surface area contributed by atoms with Crippen molar-refractivity contribution in [1.29, 1.82) is 0 Å². The summed E-state index contributed by atoms with van der Waals surface area (Å²) in [6, 6.07) is 12.4. The van der Waals surface area contributed by atoms with Crippen LogP contribution in [0.4, 0.5) is 17.2 Å². The molecule has 3 aromatic rings. The maximum Gasteiger partial charge on any atom is 0.318 e. The molecule has 0 aliphatic carbocycles. The number of nitrogens with one attached hydrogen (secondary N) is 1. The zero-order chi connectivity index (χ0) is 24.1. The number of halogens is 2. The van der Waals surface area contributed by atoms with Gasteiger partial charge in [0.25, 0.3) is 0 Å². The Morgan fingerprint density at radius 1 is 1.03 bits per heavy atom. The van der Waals surface area contributed by atoms with E-state index in [1.165, 1.54) is 11.6 Å². The van der Waals surface area contributed by atoms with Crippen molar-refractivity contribution < 1.29 is 38.4 Å². The zero-order valence-electron chi connectivity index (χ0n) is 17.3. The van der Waals surface area contributed by atoms with E-state index in [1.807, 2.05) is 24.5 Å². The van der Waals surface area contributed by atoms with Gasteiger partial charge in [0.2, 0.25) is 11.5 Å². The van der Waals surface area contributed by atoms with Gasteiger partial charge in [0.1, 0.15) is 6.20 Å². The zero-order valence-corrected chi connectivity index (χ0v) is 18.8. The lowest BCUT2D eigenvalue weighted by atomic mass is 9.88. The molecule has 0 bridgehead atoms. The second-order valence-electron chi connectivity index (χ2n) is 7.57. The molecule has 2 aromatic heterocycles. The summed E-state index contributed by atoms with van der Waals surface area (Å²) in [5.74, 6) is 0.179. The van der Waals surface area contributed by atoms with Crippen molar-refractivity contribution in [2.75, 3.05) is 5.32 Å². The molecule has 170 valence electrons. The van der Waals surface area contributed by atoms with Crippen LogP contribution in [0.5, 0.6) is 0 Å². The molecule has 1 N–H and O–H groups in total. The average Bonchev–Trinajstić information content (AvgIpc) is 2.68. The van der Waals surface area contributed by atoms with Crippen LogP contribution in [0.1, 0.15) is 26.3 Å². The molecule has 12 heteroatoms. The van der Waals surface area contributed by atoms with Gasteiger partial charge in [0.15, 0.2) is 12.4 Å². The highest BCUT2D eigenvalue weighted by molar-refractivity contribution is 6.30. The van der Waals surface area contributed by atoms with Crippen molar-refractivity contribution >= 4 is 28.8 Å². The second kappa shape index (κ2) is 10.2. The van der Waals surface area contributed by atoms with E-state index in [1.54, 1.807) is 35.0 Å². The van der Waals surface area contributed by atoms with Gasteiger partial charge in [-0.25, -0.2) is 23.6 Å². The largest absolute Gasteiger partial charge is 0.334 e. The Bertz CT molecular complexity index is 1060. The van der Waals surface area contributed by atoms with E-state index in [-0.39, 0.29) is 16.9 Å². The first-order valence-electron chi connectivity index (χ1n) is 9.05. The fourth-order valence-electron chi connectivity index (χ4n) is 2.59. The first-order valence-corrected chi connectivity index (χ1v) is 10.7. The van der Waals surface area contributed by atoms with Crippen molar-refractivity contribution in [3.8, 4) is 5.69 Å². The van der Waals surface area contributed by atoms with E-state index >= 15 is 0 Å². The maximum atomic E-state index is 11.5. The number of benzene rings is 1. The molecule has 32 heavy (non-hydrogen) atoms. The number of hydrogen-bond donors (Lipinski definition) is 1. The number of hydrogen-bond acceptors (Lipinski definition) is 8. The number of nitrogens with zero attached hydrogens (tertiary/aromatic N) is 3. The van der Waals surface area contributed by atoms with Gasteiger partial charge in [0.05, 0.1) is 11.0 Å². The Labute approximate surface area is 191 Å². The molecule has 0 saturated heterocycles. The van der Waals surface area contributed by atoms with Crippen molar-refractivity contribution in [2.45, 2.75) is 26.2 Å². The molecule has 3 rings (SSSR count).